The first kappa shape index (κ1) is 24.3. The van der Waals surface area contributed by atoms with Crippen molar-refractivity contribution >= 4 is 65.5 Å². The third-order valence-electron chi connectivity index (χ3n) is 9.04. The number of fused-ring (bicyclic) bond motifs is 9. The van der Waals surface area contributed by atoms with Crippen molar-refractivity contribution < 1.29 is 4.42 Å². The molecule has 0 radical (unpaired) electrons. The van der Waals surface area contributed by atoms with Crippen LogP contribution in [0.25, 0.3) is 88.4 Å². The predicted octanol–water partition coefficient (Wildman–Crippen LogP) is 10.2. The van der Waals surface area contributed by atoms with E-state index in [9.17, 15) is 0 Å². The molecule has 0 amide bonds. The fraction of sp³-hybridized carbons (Fsp3) is 0. The van der Waals surface area contributed by atoms with Crippen LogP contribution in [0.2, 0.25) is 0 Å². The van der Waals surface area contributed by atoms with E-state index in [0.29, 0.717) is 11.7 Å². The summed E-state index contributed by atoms with van der Waals surface area (Å²) in [7, 11) is 0. The van der Waals surface area contributed by atoms with Gasteiger partial charge in [-0.25, -0.2) is 4.98 Å². The van der Waals surface area contributed by atoms with Gasteiger partial charge in [-0.05, 0) is 47.2 Å². The summed E-state index contributed by atoms with van der Waals surface area (Å²) in [5.41, 5.74) is 7.88. The van der Waals surface area contributed by atoms with Gasteiger partial charge in [0.2, 0.25) is 11.7 Å². The summed E-state index contributed by atoms with van der Waals surface area (Å²) in [5, 5.41) is 8.03. The van der Waals surface area contributed by atoms with E-state index in [1.807, 2.05) is 6.07 Å². The quantitative estimate of drug-likeness (QED) is 0.210. The van der Waals surface area contributed by atoms with Gasteiger partial charge in [-0.15, -0.1) is 0 Å². The Morgan fingerprint density at radius 1 is 0.467 bits per heavy atom. The average Bonchev–Trinajstić information content (AvgIpc) is 3.81. The Kier molecular flexibility index (Phi) is 4.93. The first-order valence-corrected chi connectivity index (χ1v) is 15.1. The van der Waals surface area contributed by atoms with Crippen LogP contribution in [0.1, 0.15) is 0 Å². The highest BCUT2D eigenvalue weighted by Gasteiger charge is 2.22. The van der Waals surface area contributed by atoms with E-state index < -0.39 is 0 Å². The lowest BCUT2D eigenvalue weighted by atomic mass is 10.0. The maximum absolute atomic E-state index is 6.03. The number of nitrogens with zero attached hydrogens (tertiary/aromatic N) is 4. The first-order chi connectivity index (χ1) is 22.3. The molecule has 4 aromatic heterocycles. The monoisotopic (exact) mass is 576 g/mol. The Labute approximate surface area is 257 Å². The summed E-state index contributed by atoms with van der Waals surface area (Å²) in [6.07, 6.45) is 1.71. The van der Waals surface area contributed by atoms with E-state index >= 15 is 0 Å². The largest absolute Gasteiger partial charge is 0.446 e. The lowest BCUT2D eigenvalue weighted by Crippen LogP contribution is -2.03. The topological polar surface area (TPSA) is 48.8 Å². The van der Waals surface area contributed by atoms with Crippen LogP contribution in [0.3, 0.4) is 0 Å². The molecule has 6 aromatic carbocycles. The average molecular weight is 577 g/mol. The van der Waals surface area contributed by atoms with Gasteiger partial charge in [-0.2, -0.15) is 4.98 Å². The van der Waals surface area contributed by atoms with Gasteiger partial charge in [0.25, 0.3) is 0 Å². The molecule has 4 heterocycles. The molecule has 5 heteroatoms. The zero-order valence-corrected chi connectivity index (χ0v) is 24.1. The van der Waals surface area contributed by atoms with Crippen molar-refractivity contribution in [3.05, 3.63) is 146 Å². The second-order valence-corrected chi connectivity index (χ2v) is 11.4. The summed E-state index contributed by atoms with van der Waals surface area (Å²) >= 11 is 0. The number of benzene rings is 6. The van der Waals surface area contributed by atoms with E-state index in [-0.39, 0.29) is 0 Å². The first-order valence-electron chi connectivity index (χ1n) is 15.1. The van der Waals surface area contributed by atoms with Crippen molar-refractivity contribution in [3.8, 4) is 22.9 Å². The van der Waals surface area contributed by atoms with Crippen LogP contribution in [0, 0.1) is 0 Å². The Bertz CT molecular complexity index is 2770. The molecule has 0 aliphatic rings. The molecule has 210 valence electrons. The maximum Gasteiger partial charge on any atom is 0.238 e. The molecule has 0 spiro atoms. The van der Waals surface area contributed by atoms with Gasteiger partial charge >= 0.3 is 0 Å². The molecule has 0 atom stereocenters. The Hall–Kier alpha value is -6.20. The molecule has 0 N–H and O–H groups in total. The van der Waals surface area contributed by atoms with Gasteiger partial charge in [-0.1, -0.05) is 103 Å². The van der Waals surface area contributed by atoms with Crippen LogP contribution in [-0.2, 0) is 0 Å². The van der Waals surface area contributed by atoms with Crippen molar-refractivity contribution in [1.82, 2.24) is 19.1 Å². The van der Waals surface area contributed by atoms with E-state index in [4.69, 9.17) is 14.4 Å². The standard InChI is InChI=1S/C40H24N4O/c1-2-12-26(13-3-1)43-33-19-8-6-15-28(33)29-17-10-18-31(38(29)43)37-32-23-24-45-39(32)42-40(41-37)44-34-20-9-7-16-30(34)36-27-14-5-4-11-25(27)21-22-35(36)44/h1-24H. The summed E-state index contributed by atoms with van der Waals surface area (Å²) in [6.45, 7) is 0. The van der Waals surface area contributed by atoms with Crippen molar-refractivity contribution in [2.45, 2.75) is 0 Å². The van der Waals surface area contributed by atoms with Crippen LogP contribution < -0.4 is 0 Å². The number of para-hydroxylation sites is 4. The lowest BCUT2D eigenvalue weighted by molar-refractivity contribution is 0.601. The fourth-order valence-electron chi connectivity index (χ4n) is 7.16. The minimum atomic E-state index is 0.557. The maximum atomic E-state index is 6.03. The van der Waals surface area contributed by atoms with E-state index in [1.165, 1.54) is 32.3 Å². The molecular weight excluding hydrogens is 552 g/mol. The van der Waals surface area contributed by atoms with Crippen molar-refractivity contribution in [2.24, 2.45) is 0 Å². The third-order valence-corrected chi connectivity index (χ3v) is 9.04. The molecular formula is C40H24N4O. The molecule has 5 nitrogen and oxygen atoms in total. The molecule has 0 bridgehead atoms. The predicted molar refractivity (Wildman–Crippen MR) is 183 cm³/mol. The zero-order valence-electron chi connectivity index (χ0n) is 24.1. The Balaban J connectivity index is 1.34. The van der Waals surface area contributed by atoms with E-state index in [0.717, 1.165) is 44.4 Å². The molecule has 0 aliphatic heterocycles. The Morgan fingerprint density at radius 2 is 1.18 bits per heavy atom. The van der Waals surface area contributed by atoms with Gasteiger partial charge in [-0.3, -0.25) is 4.57 Å². The molecule has 10 rings (SSSR count). The van der Waals surface area contributed by atoms with Gasteiger partial charge in [0.1, 0.15) is 0 Å². The normalized spacial score (nSPS) is 12.0. The summed E-state index contributed by atoms with van der Waals surface area (Å²) < 4.78 is 10.6. The van der Waals surface area contributed by atoms with Crippen molar-refractivity contribution in [2.75, 3.05) is 0 Å². The molecule has 10 aromatic rings. The number of hydrogen-bond donors (Lipinski definition) is 0. The minimum absolute atomic E-state index is 0.557. The highest BCUT2D eigenvalue weighted by atomic mass is 16.3. The van der Waals surface area contributed by atoms with Gasteiger partial charge in [0, 0.05) is 32.8 Å². The van der Waals surface area contributed by atoms with Gasteiger partial charge in [0.15, 0.2) is 0 Å². The van der Waals surface area contributed by atoms with Gasteiger partial charge < -0.3 is 8.98 Å². The molecule has 0 unspecified atom stereocenters. The second-order valence-electron chi connectivity index (χ2n) is 11.4. The van der Waals surface area contributed by atoms with Crippen LogP contribution in [0.15, 0.2) is 150 Å². The number of rotatable bonds is 3. The summed E-state index contributed by atoms with van der Waals surface area (Å²) in [4.78, 5) is 10.4. The van der Waals surface area contributed by atoms with E-state index in [2.05, 4.69) is 143 Å². The molecule has 0 fully saturated rings. The van der Waals surface area contributed by atoms with Crippen LogP contribution >= 0.6 is 0 Å². The highest BCUT2D eigenvalue weighted by Crippen LogP contribution is 2.41. The smallest absolute Gasteiger partial charge is 0.238 e. The molecule has 0 aliphatic carbocycles. The Morgan fingerprint density at radius 3 is 2.04 bits per heavy atom. The van der Waals surface area contributed by atoms with E-state index in [1.54, 1.807) is 6.26 Å². The van der Waals surface area contributed by atoms with Crippen LogP contribution in [0.4, 0.5) is 0 Å². The molecule has 0 saturated heterocycles. The SMILES string of the molecule is c1ccc(-n2c3ccccc3c3cccc(-c4nc(-n5c6ccccc6c6c7ccccc7ccc65)nc5occc45)c32)cc1. The highest BCUT2D eigenvalue weighted by molar-refractivity contribution is 6.21. The van der Waals surface area contributed by atoms with Crippen molar-refractivity contribution in [3.63, 3.8) is 0 Å². The summed E-state index contributed by atoms with van der Waals surface area (Å²) in [5.74, 6) is 0.577. The van der Waals surface area contributed by atoms with Crippen LogP contribution in [0.5, 0.6) is 0 Å². The van der Waals surface area contributed by atoms with Gasteiger partial charge in [0.05, 0.1) is 39.4 Å². The fourth-order valence-corrected chi connectivity index (χ4v) is 7.16. The number of aromatic nitrogens is 4. The minimum Gasteiger partial charge on any atom is -0.446 e. The van der Waals surface area contributed by atoms with Crippen LogP contribution in [-0.4, -0.2) is 19.1 Å². The molecule has 45 heavy (non-hydrogen) atoms. The number of hydrogen-bond acceptors (Lipinski definition) is 3. The van der Waals surface area contributed by atoms with Crippen molar-refractivity contribution in [1.29, 1.82) is 0 Å². The zero-order chi connectivity index (χ0) is 29.5. The lowest BCUT2D eigenvalue weighted by Gasteiger charge is -2.13. The number of furan rings is 1. The third kappa shape index (κ3) is 3.38. The summed E-state index contributed by atoms with van der Waals surface area (Å²) in [6, 6.07) is 49.0. The molecule has 0 saturated carbocycles. The second kappa shape index (κ2) is 9.15.